The Morgan fingerprint density at radius 3 is 2.62 bits per heavy atom. The molecule has 3 atom stereocenters. The molecule has 2 aliphatic carbocycles. The quantitative estimate of drug-likeness (QED) is 0.610. The number of carbonyl (C=O) groups is 1. The van der Waals surface area contributed by atoms with E-state index in [4.69, 9.17) is 0 Å². The predicted molar refractivity (Wildman–Crippen MR) is 67.1 cm³/mol. The standard InChI is InChI=1S/C15H22O/c1-10(2)13-6-5-11(3)15(9-13)8-7-14(16)12(15)4/h12-13H,1,3,5-9H2,2,4H3/t12-,13+,15+/m1/s1. The molecule has 2 fully saturated rings. The molecular formula is C15H22O. The van der Waals surface area contributed by atoms with E-state index in [1.165, 1.54) is 17.6 Å². The summed E-state index contributed by atoms with van der Waals surface area (Å²) >= 11 is 0. The second-order valence-electron chi connectivity index (χ2n) is 5.73. The molecule has 0 heterocycles. The van der Waals surface area contributed by atoms with Gasteiger partial charge in [0.25, 0.3) is 0 Å². The molecule has 1 spiro atoms. The Morgan fingerprint density at radius 1 is 1.44 bits per heavy atom. The summed E-state index contributed by atoms with van der Waals surface area (Å²) in [5.41, 5.74) is 2.71. The van der Waals surface area contributed by atoms with Gasteiger partial charge in [-0.25, -0.2) is 0 Å². The van der Waals surface area contributed by atoms with Gasteiger partial charge in [0.1, 0.15) is 5.78 Å². The van der Waals surface area contributed by atoms with Crippen molar-refractivity contribution in [2.45, 2.75) is 46.0 Å². The van der Waals surface area contributed by atoms with E-state index in [-0.39, 0.29) is 11.3 Å². The van der Waals surface area contributed by atoms with Gasteiger partial charge in [0.2, 0.25) is 0 Å². The molecule has 0 aromatic rings. The maximum atomic E-state index is 11.8. The Hall–Kier alpha value is -0.850. The van der Waals surface area contributed by atoms with Crippen LogP contribution in [0.3, 0.4) is 0 Å². The topological polar surface area (TPSA) is 17.1 Å². The molecule has 0 amide bonds. The van der Waals surface area contributed by atoms with E-state index >= 15 is 0 Å². The second kappa shape index (κ2) is 3.87. The fourth-order valence-corrected chi connectivity index (χ4v) is 3.55. The van der Waals surface area contributed by atoms with Crippen LogP contribution in [0.15, 0.2) is 24.3 Å². The molecule has 0 aliphatic heterocycles. The van der Waals surface area contributed by atoms with Crippen molar-refractivity contribution in [1.29, 1.82) is 0 Å². The molecular weight excluding hydrogens is 196 g/mol. The first-order chi connectivity index (χ1) is 7.47. The van der Waals surface area contributed by atoms with E-state index in [0.29, 0.717) is 11.7 Å². The number of ketones is 1. The van der Waals surface area contributed by atoms with Crippen LogP contribution in [0.2, 0.25) is 0 Å². The molecule has 2 aliphatic rings. The fraction of sp³-hybridized carbons (Fsp3) is 0.667. The lowest BCUT2D eigenvalue weighted by atomic mass is 9.61. The van der Waals surface area contributed by atoms with Gasteiger partial charge in [-0.2, -0.15) is 0 Å². The van der Waals surface area contributed by atoms with Crippen LogP contribution in [0.25, 0.3) is 0 Å². The maximum absolute atomic E-state index is 11.8. The molecule has 0 N–H and O–H groups in total. The van der Waals surface area contributed by atoms with Crippen molar-refractivity contribution in [3.05, 3.63) is 24.3 Å². The van der Waals surface area contributed by atoms with Crippen molar-refractivity contribution in [2.24, 2.45) is 17.3 Å². The minimum absolute atomic E-state index is 0.110. The summed E-state index contributed by atoms with van der Waals surface area (Å²) in [4.78, 5) is 11.8. The molecule has 1 nitrogen and oxygen atoms in total. The number of carbonyl (C=O) groups excluding carboxylic acids is 1. The third kappa shape index (κ3) is 1.57. The molecule has 2 rings (SSSR count). The Bertz CT molecular complexity index is 352. The largest absolute Gasteiger partial charge is 0.299 e. The molecule has 0 radical (unpaired) electrons. The van der Waals surface area contributed by atoms with E-state index < -0.39 is 0 Å². The Morgan fingerprint density at radius 2 is 2.12 bits per heavy atom. The van der Waals surface area contributed by atoms with Gasteiger partial charge in [-0.3, -0.25) is 4.79 Å². The Labute approximate surface area is 98.6 Å². The smallest absolute Gasteiger partial charge is 0.136 e. The average Bonchev–Trinajstić information content (AvgIpc) is 2.52. The Kier molecular flexibility index (Phi) is 2.81. The van der Waals surface area contributed by atoms with Crippen LogP contribution in [0.1, 0.15) is 46.0 Å². The Balaban J connectivity index is 2.27. The van der Waals surface area contributed by atoms with Gasteiger partial charge in [-0.15, -0.1) is 0 Å². The van der Waals surface area contributed by atoms with E-state index in [0.717, 1.165) is 25.7 Å². The van der Waals surface area contributed by atoms with E-state index in [1.54, 1.807) is 0 Å². The van der Waals surface area contributed by atoms with Crippen molar-refractivity contribution < 1.29 is 4.79 Å². The second-order valence-corrected chi connectivity index (χ2v) is 5.73. The molecule has 0 saturated heterocycles. The average molecular weight is 218 g/mol. The summed E-state index contributed by atoms with van der Waals surface area (Å²) in [6.45, 7) is 12.6. The number of hydrogen-bond acceptors (Lipinski definition) is 1. The van der Waals surface area contributed by atoms with Crippen molar-refractivity contribution in [2.75, 3.05) is 0 Å². The number of Topliss-reactive ketones (excluding diaryl/α,β-unsaturated/α-hetero) is 1. The minimum atomic E-state index is 0.110. The molecule has 88 valence electrons. The summed E-state index contributed by atoms with van der Waals surface area (Å²) in [6.07, 6.45) is 5.14. The van der Waals surface area contributed by atoms with Gasteiger partial charge in [0.15, 0.2) is 0 Å². The van der Waals surface area contributed by atoms with Gasteiger partial charge < -0.3 is 0 Å². The van der Waals surface area contributed by atoms with Crippen LogP contribution in [0.4, 0.5) is 0 Å². The first-order valence-corrected chi connectivity index (χ1v) is 6.34. The maximum Gasteiger partial charge on any atom is 0.136 e. The number of allylic oxidation sites excluding steroid dienone is 2. The minimum Gasteiger partial charge on any atom is -0.299 e. The highest BCUT2D eigenvalue weighted by Crippen LogP contribution is 2.55. The number of rotatable bonds is 1. The van der Waals surface area contributed by atoms with Crippen molar-refractivity contribution in [3.8, 4) is 0 Å². The summed E-state index contributed by atoms with van der Waals surface area (Å²) in [7, 11) is 0. The highest BCUT2D eigenvalue weighted by atomic mass is 16.1. The lowest BCUT2D eigenvalue weighted by Gasteiger charge is -2.43. The van der Waals surface area contributed by atoms with Gasteiger partial charge in [-0.05, 0) is 38.5 Å². The van der Waals surface area contributed by atoms with Crippen molar-refractivity contribution in [1.82, 2.24) is 0 Å². The molecule has 0 unspecified atom stereocenters. The molecule has 0 bridgehead atoms. The summed E-state index contributed by atoms with van der Waals surface area (Å²) in [5.74, 6) is 1.21. The molecule has 0 aromatic carbocycles. The third-order valence-electron chi connectivity index (χ3n) is 4.94. The van der Waals surface area contributed by atoms with Gasteiger partial charge in [-0.1, -0.05) is 31.2 Å². The van der Waals surface area contributed by atoms with Crippen LogP contribution in [-0.4, -0.2) is 5.78 Å². The molecule has 1 heteroatoms. The lowest BCUT2D eigenvalue weighted by Crippen LogP contribution is -2.34. The summed E-state index contributed by atoms with van der Waals surface area (Å²) in [5, 5.41) is 0. The summed E-state index contributed by atoms with van der Waals surface area (Å²) in [6, 6.07) is 0. The highest BCUT2D eigenvalue weighted by Gasteiger charge is 2.49. The number of hydrogen-bond donors (Lipinski definition) is 0. The zero-order valence-corrected chi connectivity index (χ0v) is 10.5. The van der Waals surface area contributed by atoms with E-state index in [1.807, 2.05) is 0 Å². The van der Waals surface area contributed by atoms with E-state index in [9.17, 15) is 4.79 Å². The first-order valence-electron chi connectivity index (χ1n) is 6.34. The van der Waals surface area contributed by atoms with Crippen LogP contribution >= 0.6 is 0 Å². The van der Waals surface area contributed by atoms with Gasteiger partial charge in [0.05, 0.1) is 0 Å². The lowest BCUT2D eigenvalue weighted by molar-refractivity contribution is -0.121. The normalized spacial score (nSPS) is 39.4. The molecule has 2 saturated carbocycles. The predicted octanol–water partition coefficient (Wildman–Crippen LogP) is 3.90. The zero-order chi connectivity index (χ0) is 11.9. The fourth-order valence-electron chi connectivity index (χ4n) is 3.55. The first kappa shape index (κ1) is 11.6. The third-order valence-corrected chi connectivity index (χ3v) is 4.94. The van der Waals surface area contributed by atoms with Gasteiger partial charge in [0, 0.05) is 17.8 Å². The van der Waals surface area contributed by atoms with Crippen LogP contribution in [-0.2, 0) is 4.79 Å². The van der Waals surface area contributed by atoms with Crippen LogP contribution in [0, 0.1) is 17.3 Å². The van der Waals surface area contributed by atoms with Gasteiger partial charge >= 0.3 is 0 Å². The molecule has 0 aromatic heterocycles. The van der Waals surface area contributed by atoms with Crippen molar-refractivity contribution in [3.63, 3.8) is 0 Å². The van der Waals surface area contributed by atoms with Crippen LogP contribution in [0.5, 0.6) is 0 Å². The zero-order valence-electron chi connectivity index (χ0n) is 10.5. The monoisotopic (exact) mass is 218 g/mol. The SMILES string of the molecule is C=C(C)[C@H]1CCC(=C)[C@]2(CCC(=O)[C@H]2C)C1. The van der Waals surface area contributed by atoms with E-state index in [2.05, 4.69) is 27.0 Å². The highest BCUT2D eigenvalue weighted by molar-refractivity contribution is 5.84. The van der Waals surface area contributed by atoms with Crippen LogP contribution < -0.4 is 0 Å². The van der Waals surface area contributed by atoms with Crippen molar-refractivity contribution >= 4 is 5.78 Å². The molecule has 16 heavy (non-hydrogen) atoms. The summed E-state index contributed by atoms with van der Waals surface area (Å²) < 4.78 is 0.